The predicted molar refractivity (Wildman–Crippen MR) is 76.9 cm³/mol. The molecule has 0 spiro atoms. The van der Waals surface area contributed by atoms with Gasteiger partial charge in [0, 0.05) is 5.57 Å². The predicted octanol–water partition coefficient (Wildman–Crippen LogP) is 3.60. The lowest BCUT2D eigenvalue weighted by atomic mass is 9.96. The minimum absolute atomic E-state index is 0.672. The van der Waals surface area contributed by atoms with Crippen LogP contribution in [0, 0.1) is 0 Å². The Hall–Kier alpha value is -2.28. The van der Waals surface area contributed by atoms with E-state index in [1.54, 1.807) is 7.11 Å². The summed E-state index contributed by atoms with van der Waals surface area (Å²) < 4.78 is 5.10. The first-order valence-electron chi connectivity index (χ1n) is 6.03. The van der Waals surface area contributed by atoms with Crippen molar-refractivity contribution >= 4 is 5.57 Å². The minimum Gasteiger partial charge on any atom is -0.497 e. The third-order valence-corrected chi connectivity index (χ3v) is 2.98. The van der Waals surface area contributed by atoms with Crippen molar-refractivity contribution in [2.75, 3.05) is 7.11 Å². The molecule has 0 radical (unpaired) electrons. The van der Waals surface area contributed by atoms with Crippen LogP contribution in [0.1, 0.15) is 17.2 Å². The summed E-state index contributed by atoms with van der Waals surface area (Å²) in [5, 5.41) is 10.4. The number of benzene rings is 2. The maximum absolute atomic E-state index is 10.4. The molecule has 2 rings (SSSR count). The van der Waals surface area contributed by atoms with E-state index in [0.29, 0.717) is 5.57 Å². The fourth-order valence-electron chi connectivity index (χ4n) is 1.93. The monoisotopic (exact) mass is 252 g/mol. The van der Waals surface area contributed by atoms with Gasteiger partial charge in [0.15, 0.2) is 0 Å². The summed E-state index contributed by atoms with van der Waals surface area (Å²) in [6.45, 7) is 3.67. The van der Waals surface area contributed by atoms with E-state index in [1.165, 1.54) is 0 Å². The van der Waals surface area contributed by atoms with Crippen LogP contribution >= 0.6 is 0 Å². The van der Waals surface area contributed by atoms with E-state index in [0.717, 1.165) is 16.9 Å². The molecule has 19 heavy (non-hydrogen) atoms. The molecule has 2 aromatic rings. The first kappa shape index (κ1) is 13.2. The number of hydrogen-bond acceptors (Lipinski definition) is 2. The minimum atomic E-state index is -0.745. The molecule has 0 aromatic heterocycles. The molecule has 2 aromatic carbocycles. The van der Waals surface area contributed by atoms with Gasteiger partial charge in [0.2, 0.25) is 0 Å². The summed E-state index contributed by atoms with van der Waals surface area (Å²) in [6, 6.07) is 17.0. The molecule has 1 atom stereocenters. The molecule has 1 N–H and O–H groups in total. The molecule has 0 heterocycles. The maximum Gasteiger partial charge on any atom is 0.118 e. The van der Waals surface area contributed by atoms with Gasteiger partial charge in [0.25, 0.3) is 0 Å². The Bertz CT molecular complexity index is 578. The number of hydrogen-bond donors (Lipinski definition) is 1. The van der Waals surface area contributed by atoms with E-state index in [-0.39, 0.29) is 0 Å². The third kappa shape index (κ3) is 2.94. The summed E-state index contributed by atoms with van der Waals surface area (Å²) in [5.74, 6) is 0.764. The van der Waals surface area contributed by atoms with E-state index in [4.69, 9.17) is 4.74 Å². The van der Waals surface area contributed by atoms with Gasteiger partial charge in [-0.2, -0.15) is 0 Å². The fourth-order valence-corrected chi connectivity index (χ4v) is 1.93. The van der Waals surface area contributed by atoms with E-state index < -0.39 is 6.10 Å². The van der Waals surface area contributed by atoms with E-state index in [2.05, 4.69) is 12.3 Å². The number of methoxy groups -OCH3 is 1. The van der Waals surface area contributed by atoms with Gasteiger partial charge in [-0.15, -0.1) is 5.73 Å². The van der Waals surface area contributed by atoms with Crippen molar-refractivity contribution in [1.29, 1.82) is 0 Å². The zero-order chi connectivity index (χ0) is 13.7. The largest absolute Gasteiger partial charge is 0.497 e. The van der Waals surface area contributed by atoms with Gasteiger partial charge in [-0.05, 0) is 23.3 Å². The molecule has 0 aliphatic heterocycles. The van der Waals surface area contributed by atoms with Crippen molar-refractivity contribution in [3.63, 3.8) is 0 Å². The molecule has 2 nitrogen and oxygen atoms in total. The summed E-state index contributed by atoms with van der Waals surface area (Å²) in [6.07, 6.45) is -0.745. The molecule has 0 fully saturated rings. The average Bonchev–Trinajstić information content (AvgIpc) is 2.49. The molecule has 1 unspecified atom stereocenters. The molecular formula is C17H16O2. The molecule has 0 aliphatic rings. The first-order valence-corrected chi connectivity index (χ1v) is 6.03. The fraction of sp³-hybridized carbons (Fsp3) is 0.118. The SMILES string of the molecule is C=C=C(c1ccccc1)C(O)c1ccc(OC)cc1. The second kappa shape index (κ2) is 6.05. The average molecular weight is 252 g/mol. The molecule has 2 heteroatoms. The van der Waals surface area contributed by atoms with E-state index in [9.17, 15) is 5.11 Å². The lowest BCUT2D eigenvalue weighted by molar-refractivity contribution is 0.238. The molecule has 0 saturated carbocycles. The summed E-state index contributed by atoms with van der Waals surface area (Å²) in [7, 11) is 1.62. The Morgan fingerprint density at radius 2 is 1.74 bits per heavy atom. The smallest absolute Gasteiger partial charge is 0.118 e. The van der Waals surface area contributed by atoms with Gasteiger partial charge < -0.3 is 9.84 Å². The lowest BCUT2D eigenvalue weighted by Gasteiger charge is -2.14. The van der Waals surface area contributed by atoms with Crippen LogP contribution in [0.5, 0.6) is 5.75 Å². The Labute approximate surface area is 113 Å². The first-order chi connectivity index (χ1) is 9.26. The lowest BCUT2D eigenvalue weighted by Crippen LogP contribution is -2.00. The van der Waals surface area contributed by atoms with Crippen molar-refractivity contribution in [3.8, 4) is 5.75 Å². The molecule has 0 bridgehead atoms. The van der Waals surface area contributed by atoms with Crippen molar-refractivity contribution < 1.29 is 9.84 Å². The van der Waals surface area contributed by atoms with Crippen LogP contribution in [0.2, 0.25) is 0 Å². The molecule has 0 aliphatic carbocycles. The third-order valence-electron chi connectivity index (χ3n) is 2.98. The van der Waals surface area contributed by atoms with Crippen molar-refractivity contribution in [2.24, 2.45) is 0 Å². The highest BCUT2D eigenvalue weighted by atomic mass is 16.5. The van der Waals surface area contributed by atoms with Gasteiger partial charge in [-0.1, -0.05) is 49.0 Å². The van der Waals surface area contributed by atoms with Crippen LogP contribution < -0.4 is 4.74 Å². The van der Waals surface area contributed by atoms with Crippen LogP contribution in [0.4, 0.5) is 0 Å². The van der Waals surface area contributed by atoms with Crippen LogP contribution in [-0.2, 0) is 0 Å². The zero-order valence-electron chi connectivity index (χ0n) is 10.8. The number of ether oxygens (including phenoxy) is 1. The van der Waals surface area contributed by atoms with Crippen molar-refractivity contribution in [2.45, 2.75) is 6.10 Å². The van der Waals surface area contributed by atoms with Crippen LogP contribution in [0.15, 0.2) is 66.9 Å². The normalized spacial score (nSPS) is 11.5. The van der Waals surface area contributed by atoms with E-state index >= 15 is 0 Å². The highest BCUT2D eigenvalue weighted by Gasteiger charge is 2.14. The highest BCUT2D eigenvalue weighted by Crippen LogP contribution is 2.29. The summed E-state index contributed by atoms with van der Waals surface area (Å²) in [4.78, 5) is 0. The Balaban J connectivity index is 2.31. The van der Waals surface area contributed by atoms with Crippen LogP contribution in [-0.4, -0.2) is 12.2 Å². The van der Waals surface area contributed by atoms with Gasteiger partial charge in [-0.25, -0.2) is 0 Å². The quantitative estimate of drug-likeness (QED) is 0.842. The van der Waals surface area contributed by atoms with Gasteiger partial charge in [0.05, 0.1) is 7.11 Å². The highest BCUT2D eigenvalue weighted by molar-refractivity contribution is 5.69. The summed E-state index contributed by atoms with van der Waals surface area (Å²) in [5.41, 5.74) is 5.21. The zero-order valence-corrected chi connectivity index (χ0v) is 10.8. The number of aliphatic hydroxyl groups excluding tert-OH is 1. The molecule has 0 saturated heterocycles. The number of rotatable bonds is 4. The van der Waals surface area contributed by atoms with Gasteiger partial charge in [0.1, 0.15) is 11.9 Å². The van der Waals surface area contributed by atoms with Gasteiger partial charge in [-0.3, -0.25) is 0 Å². The Morgan fingerprint density at radius 3 is 2.26 bits per heavy atom. The second-order valence-corrected chi connectivity index (χ2v) is 4.13. The Morgan fingerprint density at radius 1 is 1.11 bits per heavy atom. The van der Waals surface area contributed by atoms with Crippen molar-refractivity contribution in [1.82, 2.24) is 0 Å². The van der Waals surface area contributed by atoms with Crippen molar-refractivity contribution in [3.05, 3.63) is 78.0 Å². The Kier molecular flexibility index (Phi) is 4.19. The number of aliphatic hydroxyl groups is 1. The summed E-state index contributed by atoms with van der Waals surface area (Å²) >= 11 is 0. The van der Waals surface area contributed by atoms with Crippen LogP contribution in [0.25, 0.3) is 5.57 Å². The molecular weight excluding hydrogens is 236 g/mol. The van der Waals surface area contributed by atoms with E-state index in [1.807, 2.05) is 54.6 Å². The standard InChI is InChI=1S/C17H16O2/c1-3-16(13-7-5-4-6-8-13)17(18)14-9-11-15(19-2)12-10-14/h4-12,17-18H,1H2,2H3. The topological polar surface area (TPSA) is 29.5 Å². The molecule has 96 valence electrons. The van der Waals surface area contributed by atoms with Gasteiger partial charge >= 0.3 is 0 Å². The molecule has 0 amide bonds. The van der Waals surface area contributed by atoms with Crippen LogP contribution in [0.3, 0.4) is 0 Å². The maximum atomic E-state index is 10.4. The second-order valence-electron chi connectivity index (χ2n) is 4.13.